The van der Waals surface area contributed by atoms with E-state index in [1.165, 1.54) is 0 Å². The molecule has 0 aromatic rings. The summed E-state index contributed by atoms with van der Waals surface area (Å²) in [6.07, 6.45) is -1.31. The van der Waals surface area contributed by atoms with Gasteiger partial charge in [-0.3, -0.25) is 4.79 Å². The van der Waals surface area contributed by atoms with Crippen LogP contribution < -0.4 is 0 Å². The molecule has 7 heteroatoms. The second-order valence-corrected chi connectivity index (χ2v) is 4.39. The van der Waals surface area contributed by atoms with Crippen LogP contribution in [0.1, 0.15) is 12.8 Å². The second-order valence-electron chi connectivity index (χ2n) is 4.39. The van der Waals surface area contributed by atoms with E-state index in [4.69, 9.17) is 9.84 Å². The number of rotatable bonds is 2. The largest absolute Gasteiger partial charge is 0.394 e. The van der Waals surface area contributed by atoms with E-state index >= 15 is 0 Å². The average Bonchev–Trinajstić information content (AvgIpc) is 2.49. The van der Waals surface area contributed by atoms with Crippen molar-refractivity contribution in [3.8, 4) is 0 Å². The molecular formula is C11H15F2NO4. The zero-order chi connectivity index (χ0) is 13.3. The summed E-state index contributed by atoms with van der Waals surface area (Å²) in [4.78, 5) is 12.6. The Balaban J connectivity index is 2.21. The topological polar surface area (TPSA) is 70.0 Å². The number of hydrogen-bond donors (Lipinski definition) is 2. The molecule has 1 amide bonds. The van der Waals surface area contributed by atoms with Gasteiger partial charge in [0.25, 0.3) is 0 Å². The predicted octanol–water partition coefficient (Wildman–Crippen LogP) is -0.122. The van der Waals surface area contributed by atoms with E-state index in [1.54, 1.807) is 12.2 Å². The van der Waals surface area contributed by atoms with Crippen LogP contribution in [-0.2, 0) is 9.53 Å². The van der Waals surface area contributed by atoms with Crippen LogP contribution in [0, 0.1) is 0 Å². The van der Waals surface area contributed by atoms with Gasteiger partial charge in [-0.1, -0.05) is 12.2 Å². The van der Waals surface area contributed by atoms with E-state index in [0.717, 1.165) is 4.90 Å². The van der Waals surface area contributed by atoms with Crippen LogP contribution in [0.2, 0.25) is 0 Å². The molecule has 2 N–H and O–H groups in total. The van der Waals surface area contributed by atoms with Crippen molar-refractivity contribution in [2.75, 3.05) is 13.2 Å². The van der Waals surface area contributed by atoms with Crippen molar-refractivity contribution in [3.63, 3.8) is 0 Å². The number of alkyl halides is 2. The molecule has 102 valence electrons. The smallest absolute Gasteiger partial charge is 0.319 e. The minimum atomic E-state index is -3.58. The molecule has 0 aromatic carbocycles. The molecule has 0 unspecified atom stereocenters. The molecule has 0 spiro atoms. The van der Waals surface area contributed by atoms with Gasteiger partial charge in [0.15, 0.2) is 12.3 Å². The number of allylic oxidation sites excluding steroid dienone is 1. The van der Waals surface area contributed by atoms with Gasteiger partial charge in [0.1, 0.15) is 6.10 Å². The highest BCUT2D eigenvalue weighted by molar-refractivity contribution is 5.77. The number of ether oxygens (including phenoxy) is 1. The van der Waals surface area contributed by atoms with E-state index in [9.17, 15) is 18.7 Å². The second kappa shape index (κ2) is 4.91. The number of carbonyl (C=O) groups is 1. The van der Waals surface area contributed by atoms with Crippen molar-refractivity contribution < 1.29 is 28.5 Å². The fourth-order valence-corrected chi connectivity index (χ4v) is 2.13. The van der Waals surface area contributed by atoms with Crippen LogP contribution in [0.5, 0.6) is 0 Å². The first kappa shape index (κ1) is 13.4. The minimum absolute atomic E-state index is 0.0178. The molecular weight excluding hydrogens is 248 g/mol. The molecule has 2 rings (SSSR count). The van der Waals surface area contributed by atoms with E-state index in [-0.39, 0.29) is 13.0 Å². The first-order valence-electron chi connectivity index (χ1n) is 5.75. The monoisotopic (exact) mass is 263 g/mol. The van der Waals surface area contributed by atoms with Gasteiger partial charge in [-0.15, -0.1) is 0 Å². The molecule has 1 saturated heterocycles. The maximum absolute atomic E-state index is 13.8. The quantitative estimate of drug-likeness (QED) is 0.681. The number of aliphatic hydroxyl groups is 2. The Morgan fingerprint density at radius 2 is 2.22 bits per heavy atom. The summed E-state index contributed by atoms with van der Waals surface area (Å²) in [5.41, 5.74) is 0. The summed E-state index contributed by atoms with van der Waals surface area (Å²) in [5, 5.41) is 18.3. The van der Waals surface area contributed by atoms with Crippen LogP contribution in [0.25, 0.3) is 0 Å². The van der Waals surface area contributed by atoms with Gasteiger partial charge >= 0.3 is 5.92 Å². The summed E-state index contributed by atoms with van der Waals surface area (Å²) in [7, 11) is 0. The fraction of sp³-hybridized carbons (Fsp3) is 0.727. The molecule has 0 aromatic heterocycles. The number of aliphatic hydroxyl groups excluding tert-OH is 2. The zero-order valence-corrected chi connectivity index (χ0v) is 9.63. The first-order chi connectivity index (χ1) is 8.48. The highest BCUT2D eigenvalue weighted by atomic mass is 19.3. The Bertz CT molecular complexity index is 361. The van der Waals surface area contributed by atoms with E-state index in [1.807, 2.05) is 0 Å². The molecule has 0 bridgehead atoms. The van der Waals surface area contributed by atoms with Crippen LogP contribution in [-0.4, -0.2) is 58.5 Å². The third-order valence-corrected chi connectivity index (χ3v) is 3.16. The van der Waals surface area contributed by atoms with Crippen molar-refractivity contribution in [3.05, 3.63) is 12.2 Å². The van der Waals surface area contributed by atoms with Crippen LogP contribution in [0.15, 0.2) is 12.2 Å². The Morgan fingerprint density at radius 3 is 2.83 bits per heavy atom. The lowest BCUT2D eigenvalue weighted by Crippen LogP contribution is -2.51. The maximum Gasteiger partial charge on any atom is 0.319 e. The van der Waals surface area contributed by atoms with Gasteiger partial charge in [0, 0.05) is 13.0 Å². The molecule has 0 radical (unpaired) electrons. The van der Waals surface area contributed by atoms with Gasteiger partial charge in [0.2, 0.25) is 5.91 Å². The first-order valence-corrected chi connectivity index (χ1v) is 5.75. The molecule has 3 atom stereocenters. The summed E-state index contributed by atoms with van der Waals surface area (Å²) in [5.74, 6) is -4.03. The Hall–Kier alpha value is -1.05. The van der Waals surface area contributed by atoms with E-state index in [2.05, 4.69) is 0 Å². The van der Waals surface area contributed by atoms with Crippen LogP contribution >= 0.6 is 0 Å². The highest BCUT2D eigenvalue weighted by Crippen LogP contribution is 2.38. The number of amides is 1. The van der Waals surface area contributed by atoms with Crippen molar-refractivity contribution >= 4 is 5.91 Å². The number of nitrogens with zero attached hydrogens (tertiary/aromatic N) is 1. The van der Waals surface area contributed by atoms with Gasteiger partial charge < -0.3 is 19.8 Å². The van der Waals surface area contributed by atoms with Crippen molar-refractivity contribution in [1.82, 2.24) is 4.90 Å². The van der Waals surface area contributed by atoms with Gasteiger partial charge in [-0.25, -0.2) is 0 Å². The normalized spacial score (nSPS) is 35.9. The molecule has 0 saturated carbocycles. The lowest BCUT2D eigenvalue weighted by atomic mass is 10.1. The molecule has 1 fully saturated rings. The average molecular weight is 263 g/mol. The van der Waals surface area contributed by atoms with E-state index < -0.39 is 36.9 Å². The minimum Gasteiger partial charge on any atom is -0.394 e. The van der Waals surface area contributed by atoms with Gasteiger partial charge in [0.05, 0.1) is 6.61 Å². The molecule has 2 aliphatic heterocycles. The molecule has 0 aliphatic carbocycles. The SMILES string of the molecule is O=C1CCC=CCN1[C@@H]1O[C@H](CO)[C@@H](O)C1(F)F. The Kier molecular flexibility index (Phi) is 3.65. The molecule has 5 nitrogen and oxygen atoms in total. The number of hydrogen-bond acceptors (Lipinski definition) is 4. The fourth-order valence-electron chi connectivity index (χ4n) is 2.13. The van der Waals surface area contributed by atoms with Crippen molar-refractivity contribution in [2.24, 2.45) is 0 Å². The molecule has 2 aliphatic rings. The van der Waals surface area contributed by atoms with Gasteiger partial charge in [-0.2, -0.15) is 8.78 Å². The van der Waals surface area contributed by atoms with Crippen molar-refractivity contribution in [2.45, 2.75) is 37.2 Å². The zero-order valence-electron chi connectivity index (χ0n) is 9.63. The summed E-state index contributed by atoms with van der Waals surface area (Å²) < 4.78 is 32.6. The molecule has 2 heterocycles. The summed E-state index contributed by atoms with van der Waals surface area (Å²) >= 11 is 0. The van der Waals surface area contributed by atoms with Crippen LogP contribution in [0.3, 0.4) is 0 Å². The third-order valence-electron chi connectivity index (χ3n) is 3.16. The third kappa shape index (κ3) is 2.13. The Labute approximate surface area is 103 Å². The lowest BCUT2D eigenvalue weighted by molar-refractivity contribution is -0.178. The Morgan fingerprint density at radius 1 is 1.50 bits per heavy atom. The number of halogens is 2. The van der Waals surface area contributed by atoms with Crippen molar-refractivity contribution in [1.29, 1.82) is 0 Å². The predicted molar refractivity (Wildman–Crippen MR) is 56.8 cm³/mol. The highest BCUT2D eigenvalue weighted by Gasteiger charge is 2.60. The molecule has 18 heavy (non-hydrogen) atoms. The van der Waals surface area contributed by atoms with Crippen LogP contribution in [0.4, 0.5) is 8.78 Å². The van der Waals surface area contributed by atoms with Gasteiger partial charge in [-0.05, 0) is 6.42 Å². The van der Waals surface area contributed by atoms with E-state index in [0.29, 0.717) is 6.42 Å². The standard InChI is InChI=1S/C11H15F2NO4/c12-11(13)9(17)7(6-15)18-10(11)14-5-3-1-2-4-8(14)16/h1,3,7,9-10,15,17H,2,4-6H2/t7-,9-,10-/m1/s1. The lowest BCUT2D eigenvalue weighted by Gasteiger charge is -2.30. The summed E-state index contributed by atoms with van der Waals surface area (Å²) in [6, 6.07) is 0. The summed E-state index contributed by atoms with van der Waals surface area (Å²) in [6.45, 7) is -0.699. The maximum atomic E-state index is 13.8. The number of carbonyl (C=O) groups excluding carboxylic acids is 1.